The Morgan fingerprint density at radius 3 is 2.62 bits per heavy atom. The van der Waals surface area contributed by atoms with Gasteiger partial charge < -0.3 is 10.1 Å². The quantitative estimate of drug-likeness (QED) is 0.788. The molecule has 3 unspecified atom stereocenters. The maximum absolute atomic E-state index is 6.27. The van der Waals surface area contributed by atoms with Crippen LogP contribution in [0.4, 0.5) is 0 Å². The molecule has 0 fully saturated rings. The molecule has 0 saturated carbocycles. The van der Waals surface area contributed by atoms with Crippen LogP contribution in [-0.4, -0.2) is 19.3 Å². The summed E-state index contributed by atoms with van der Waals surface area (Å²) in [6, 6.07) is 9.22. The lowest BCUT2D eigenvalue weighted by Gasteiger charge is -2.37. The van der Waals surface area contributed by atoms with Crippen molar-refractivity contribution in [1.82, 2.24) is 5.32 Å². The monoisotopic (exact) mass is 289 g/mol. The number of nitrogens with one attached hydrogen (secondary N) is 1. The van der Waals surface area contributed by atoms with E-state index in [9.17, 15) is 0 Å². The molecule has 0 aliphatic heterocycles. The summed E-state index contributed by atoms with van der Waals surface area (Å²) in [4.78, 5) is 0. The molecule has 0 heterocycles. The van der Waals surface area contributed by atoms with Crippen LogP contribution in [0.3, 0.4) is 0 Å². The number of rotatable bonds is 7. The molecule has 0 spiro atoms. The van der Waals surface area contributed by atoms with E-state index in [1.54, 1.807) is 0 Å². The third-order valence-electron chi connectivity index (χ3n) is 4.46. The van der Waals surface area contributed by atoms with Crippen molar-refractivity contribution in [3.8, 4) is 0 Å². The standard InChI is InChI=1S/C19H31NO/c1-5-11-20-19-17-9-7-6-8-16(17)15(4)13-18(19)21-12-10-14(2)3/h6-9,14-15,18-20H,5,10-13H2,1-4H3. The second-order valence-corrected chi connectivity index (χ2v) is 6.79. The molecular weight excluding hydrogens is 258 g/mol. The average Bonchev–Trinajstić information content (AvgIpc) is 2.46. The van der Waals surface area contributed by atoms with Gasteiger partial charge in [-0.15, -0.1) is 0 Å². The summed E-state index contributed by atoms with van der Waals surface area (Å²) in [5, 5.41) is 3.71. The molecule has 118 valence electrons. The molecule has 1 aromatic carbocycles. The number of hydrogen-bond donors (Lipinski definition) is 1. The fourth-order valence-corrected chi connectivity index (χ4v) is 3.22. The Hall–Kier alpha value is -0.860. The van der Waals surface area contributed by atoms with E-state index < -0.39 is 0 Å². The van der Waals surface area contributed by atoms with Crippen LogP contribution >= 0.6 is 0 Å². The van der Waals surface area contributed by atoms with Gasteiger partial charge in [-0.05, 0) is 48.8 Å². The molecular formula is C19H31NO. The summed E-state index contributed by atoms with van der Waals surface area (Å²) in [5.74, 6) is 1.30. The fourth-order valence-electron chi connectivity index (χ4n) is 3.22. The number of ether oxygens (including phenoxy) is 1. The lowest BCUT2D eigenvalue weighted by molar-refractivity contribution is 0.00596. The highest BCUT2D eigenvalue weighted by Crippen LogP contribution is 2.38. The van der Waals surface area contributed by atoms with Crippen molar-refractivity contribution < 1.29 is 4.74 Å². The van der Waals surface area contributed by atoms with Crippen molar-refractivity contribution in [2.45, 2.75) is 65.0 Å². The Balaban J connectivity index is 2.12. The molecule has 21 heavy (non-hydrogen) atoms. The van der Waals surface area contributed by atoms with Crippen LogP contribution in [0.15, 0.2) is 24.3 Å². The van der Waals surface area contributed by atoms with Crippen LogP contribution in [0.25, 0.3) is 0 Å². The molecule has 1 aliphatic rings. The molecule has 0 saturated heterocycles. The maximum Gasteiger partial charge on any atom is 0.0775 e. The number of fused-ring (bicyclic) bond motifs is 1. The van der Waals surface area contributed by atoms with Crippen molar-refractivity contribution >= 4 is 0 Å². The second-order valence-electron chi connectivity index (χ2n) is 6.79. The zero-order valence-corrected chi connectivity index (χ0v) is 14.1. The zero-order chi connectivity index (χ0) is 15.2. The maximum atomic E-state index is 6.27. The summed E-state index contributed by atoms with van der Waals surface area (Å²) in [5.41, 5.74) is 2.94. The summed E-state index contributed by atoms with van der Waals surface area (Å²) in [7, 11) is 0. The molecule has 3 atom stereocenters. The molecule has 2 nitrogen and oxygen atoms in total. The topological polar surface area (TPSA) is 21.3 Å². The van der Waals surface area contributed by atoms with Crippen LogP contribution in [0.5, 0.6) is 0 Å². The molecule has 0 amide bonds. The first-order valence-electron chi connectivity index (χ1n) is 8.57. The van der Waals surface area contributed by atoms with E-state index in [1.165, 1.54) is 11.1 Å². The van der Waals surface area contributed by atoms with E-state index in [0.717, 1.165) is 32.4 Å². The first kappa shape index (κ1) is 16.5. The predicted octanol–water partition coefficient (Wildman–Crippen LogP) is 4.67. The van der Waals surface area contributed by atoms with Gasteiger partial charge in [-0.3, -0.25) is 0 Å². The Kier molecular flexibility index (Phi) is 6.25. The Morgan fingerprint density at radius 2 is 1.95 bits per heavy atom. The normalized spacial score (nSPS) is 25.1. The second kappa shape index (κ2) is 7.95. The van der Waals surface area contributed by atoms with Crippen molar-refractivity contribution in [3.63, 3.8) is 0 Å². The Labute approximate surface area is 130 Å². The lowest BCUT2D eigenvalue weighted by atomic mass is 9.79. The van der Waals surface area contributed by atoms with Crippen LogP contribution in [-0.2, 0) is 4.74 Å². The first-order chi connectivity index (χ1) is 10.1. The van der Waals surface area contributed by atoms with Gasteiger partial charge in [-0.25, -0.2) is 0 Å². The van der Waals surface area contributed by atoms with Crippen molar-refractivity contribution in [1.29, 1.82) is 0 Å². The molecule has 1 N–H and O–H groups in total. The van der Waals surface area contributed by atoms with E-state index in [2.05, 4.69) is 57.3 Å². The van der Waals surface area contributed by atoms with Gasteiger partial charge in [0.05, 0.1) is 12.1 Å². The highest BCUT2D eigenvalue weighted by atomic mass is 16.5. The number of benzene rings is 1. The fraction of sp³-hybridized carbons (Fsp3) is 0.684. The first-order valence-corrected chi connectivity index (χ1v) is 8.57. The number of hydrogen-bond acceptors (Lipinski definition) is 2. The molecule has 0 radical (unpaired) electrons. The van der Waals surface area contributed by atoms with E-state index in [0.29, 0.717) is 24.0 Å². The van der Waals surface area contributed by atoms with Crippen molar-refractivity contribution in [2.24, 2.45) is 5.92 Å². The van der Waals surface area contributed by atoms with Crippen LogP contribution < -0.4 is 5.32 Å². The van der Waals surface area contributed by atoms with Gasteiger partial charge >= 0.3 is 0 Å². The zero-order valence-electron chi connectivity index (χ0n) is 14.1. The summed E-state index contributed by atoms with van der Waals surface area (Å²) in [6.07, 6.45) is 3.73. The summed E-state index contributed by atoms with van der Waals surface area (Å²) < 4.78 is 6.27. The van der Waals surface area contributed by atoms with E-state index in [4.69, 9.17) is 4.74 Å². The molecule has 0 aromatic heterocycles. The van der Waals surface area contributed by atoms with Crippen LogP contribution in [0, 0.1) is 5.92 Å². The SMILES string of the molecule is CCCNC1c2ccccc2C(C)CC1OCCC(C)C. The third-order valence-corrected chi connectivity index (χ3v) is 4.46. The molecule has 1 aromatic rings. The van der Waals surface area contributed by atoms with Gasteiger partial charge in [0, 0.05) is 6.61 Å². The Bertz CT molecular complexity index is 429. The average molecular weight is 289 g/mol. The van der Waals surface area contributed by atoms with Gasteiger partial charge in [0.25, 0.3) is 0 Å². The van der Waals surface area contributed by atoms with Gasteiger partial charge in [-0.2, -0.15) is 0 Å². The predicted molar refractivity (Wildman–Crippen MR) is 89.7 cm³/mol. The van der Waals surface area contributed by atoms with E-state index >= 15 is 0 Å². The molecule has 2 rings (SSSR count). The summed E-state index contributed by atoms with van der Waals surface area (Å²) >= 11 is 0. The van der Waals surface area contributed by atoms with E-state index in [1.807, 2.05) is 0 Å². The van der Waals surface area contributed by atoms with Crippen molar-refractivity contribution in [3.05, 3.63) is 35.4 Å². The minimum Gasteiger partial charge on any atom is -0.376 e. The molecule has 0 bridgehead atoms. The van der Waals surface area contributed by atoms with Crippen LogP contribution in [0.2, 0.25) is 0 Å². The Morgan fingerprint density at radius 1 is 1.24 bits per heavy atom. The van der Waals surface area contributed by atoms with E-state index in [-0.39, 0.29) is 0 Å². The van der Waals surface area contributed by atoms with Crippen molar-refractivity contribution in [2.75, 3.05) is 13.2 Å². The highest BCUT2D eigenvalue weighted by Gasteiger charge is 2.33. The van der Waals surface area contributed by atoms with Crippen LogP contribution in [0.1, 0.15) is 70.0 Å². The van der Waals surface area contributed by atoms with Gasteiger partial charge in [0.1, 0.15) is 0 Å². The lowest BCUT2D eigenvalue weighted by Crippen LogP contribution is -2.39. The minimum atomic E-state index is 0.306. The highest BCUT2D eigenvalue weighted by molar-refractivity contribution is 5.36. The summed E-state index contributed by atoms with van der Waals surface area (Å²) in [6.45, 7) is 11.0. The van der Waals surface area contributed by atoms with Gasteiger partial charge in [-0.1, -0.05) is 52.0 Å². The smallest absolute Gasteiger partial charge is 0.0775 e. The molecule has 1 aliphatic carbocycles. The molecule has 2 heteroatoms. The van der Waals surface area contributed by atoms with Gasteiger partial charge in [0.15, 0.2) is 0 Å². The minimum absolute atomic E-state index is 0.306. The third kappa shape index (κ3) is 4.31. The van der Waals surface area contributed by atoms with Gasteiger partial charge in [0.2, 0.25) is 0 Å². The largest absolute Gasteiger partial charge is 0.376 e.